The van der Waals surface area contributed by atoms with Crippen LogP contribution in [0.5, 0.6) is 0 Å². The molecule has 0 saturated carbocycles. The highest BCUT2D eigenvalue weighted by molar-refractivity contribution is 5.78. The maximum absolute atomic E-state index is 11.2. The van der Waals surface area contributed by atoms with Crippen LogP contribution in [0.4, 0.5) is 0 Å². The molecule has 2 saturated heterocycles. The molecule has 0 spiro atoms. The average Bonchev–Trinajstić information content (AvgIpc) is 2.19. The monoisotopic (exact) mass is 197 g/mol. The number of nitrogens with zero attached hydrogens (tertiary/aromatic N) is 2. The lowest BCUT2D eigenvalue weighted by Gasteiger charge is -2.38. The standard InChI is InChI=1S/C10H19N3O/c1-12-5-2-9(3-6-12)13-7-4-11-10(14)8-13/h9H,2-8H2,1H3,(H,11,14). The topological polar surface area (TPSA) is 35.6 Å². The summed E-state index contributed by atoms with van der Waals surface area (Å²) in [6.07, 6.45) is 2.42. The third-order valence-corrected chi connectivity index (χ3v) is 3.27. The first-order chi connectivity index (χ1) is 6.75. The van der Waals surface area contributed by atoms with Crippen LogP contribution in [0.3, 0.4) is 0 Å². The van der Waals surface area contributed by atoms with Crippen molar-refractivity contribution in [3.05, 3.63) is 0 Å². The van der Waals surface area contributed by atoms with Crippen LogP contribution in [0.25, 0.3) is 0 Å². The van der Waals surface area contributed by atoms with Crippen molar-refractivity contribution in [3.63, 3.8) is 0 Å². The number of amides is 1. The van der Waals surface area contributed by atoms with Crippen LogP contribution in [0.2, 0.25) is 0 Å². The van der Waals surface area contributed by atoms with Gasteiger partial charge in [-0.1, -0.05) is 0 Å². The van der Waals surface area contributed by atoms with Crippen molar-refractivity contribution in [2.24, 2.45) is 0 Å². The molecule has 4 heteroatoms. The van der Waals surface area contributed by atoms with E-state index >= 15 is 0 Å². The van der Waals surface area contributed by atoms with Gasteiger partial charge in [0.15, 0.2) is 0 Å². The Morgan fingerprint density at radius 3 is 2.64 bits per heavy atom. The molecule has 2 aliphatic heterocycles. The zero-order valence-electron chi connectivity index (χ0n) is 8.83. The van der Waals surface area contributed by atoms with Gasteiger partial charge >= 0.3 is 0 Å². The number of carbonyl (C=O) groups excluding carboxylic acids is 1. The Labute approximate surface area is 85.2 Å². The van der Waals surface area contributed by atoms with Crippen LogP contribution in [-0.2, 0) is 4.79 Å². The van der Waals surface area contributed by atoms with E-state index in [1.165, 1.54) is 25.9 Å². The second-order valence-corrected chi connectivity index (χ2v) is 4.35. The normalized spacial score (nSPS) is 27.6. The quantitative estimate of drug-likeness (QED) is 0.616. The van der Waals surface area contributed by atoms with Gasteiger partial charge < -0.3 is 10.2 Å². The third kappa shape index (κ3) is 2.25. The van der Waals surface area contributed by atoms with E-state index in [-0.39, 0.29) is 5.91 Å². The Hall–Kier alpha value is -0.610. The van der Waals surface area contributed by atoms with E-state index in [1.807, 2.05) is 0 Å². The number of nitrogens with one attached hydrogen (secondary N) is 1. The van der Waals surface area contributed by atoms with Crippen molar-refractivity contribution >= 4 is 5.91 Å². The molecule has 0 bridgehead atoms. The van der Waals surface area contributed by atoms with Crippen LogP contribution in [0, 0.1) is 0 Å². The molecular formula is C10H19N3O. The summed E-state index contributed by atoms with van der Waals surface area (Å²) in [5.41, 5.74) is 0. The van der Waals surface area contributed by atoms with E-state index in [1.54, 1.807) is 0 Å². The minimum atomic E-state index is 0.190. The van der Waals surface area contributed by atoms with E-state index in [2.05, 4.69) is 22.2 Å². The van der Waals surface area contributed by atoms with Gasteiger partial charge in [-0.05, 0) is 33.0 Å². The Morgan fingerprint density at radius 1 is 1.29 bits per heavy atom. The molecule has 0 radical (unpaired) electrons. The molecule has 0 aliphatic carbocycles. The minimum absolute atomic E-state index is 0.190. The summed E-state index contributed by atoms with van der Waals surface area (Å²) < 4.78 is 0. The molecule has 1 amide bonds. The summed E-state index contributed by atoms with van der Waals surface area (Å²) in [5, 5.41) is 2.87. The molecule has 2 heterocycles. The van der Waals surface area contributed by atoms with Crippen LogP contribution >= 0.6 is 0 Å². The molecule has 2 aliphatic rings. The van der Waals surface area contributed by atoms with Crippen molar-refractivity contribution in [1.82, 2.24) is 15.1 Å². The van der Waals surface area contributed by atoms with Gasteiger partial charge in [0, 0.05) is 19.1 Å². The molecule has 80 valence electrons. The Kier molecular flexibility index (Phi) is 3.03. The fourth-order valence-corrected chi connectivity index (χ4v) is 2.33. The molecule has 0 unspecified atom stereocenters. The highest BCUT2D eigenvalue weighted by Gasteiger charge is 2.26. The highest BCUT2D eigenvalue weighted by Crippen LogP contribution is 2.15. The molecular weight excluding hydrogens is 178 g/mol. The van der Waals surface area contributed by atoms with Gasteiger partial charge in [-0.25, -0.2) is 0 Å². The van der Waals surface area contributed by atoms with E-state index in [9.17, 15) is 4.79 Å². The zero-order valence-corrected chi connectivity index (χ0v) is 8.83. The lowest BCUT2D eigenvalue weighted by atomic mass is 10.0. The fourth-order valence-electron chi connectivity index (χ4n) is 2.33. The number of likely N-dealkylation sites (tertiary alicyclic amines) is 1. The minimum Gasteiger partial charge on any atom is -0.354 e. The van der Waals surface area contributed by atoms with Gasteiger partial charge in [-0.15, -0.1) is 0 Å². The number of hydrogen-bond donors (Lipinski definition) is 1. The van der Waals surface area contributed by atoms with E-state index in [0.717, 1.165) is 13.1 Å². The average molecular weight is 197 g/mol. The molecule has 0 aromatic heterocycles. The van der Waals surface area contributed by atoms with Crippen molar-refractivity contribution in [2.45, 2.75) is 18.9 Å². The molecule has 0 atom stereocenters. The Morgan fingerprint density at radius 2 is 2.00 bits per heavy atom. The summed E-state index contributed by atoms with van der Waals surface area (Å²) in [5.74, 6) is 0.190. The summed E-state index contributed by atoms with van der Waals surface area (Å²) in [6.45, 7) is 4.80. The molecule has 4 nitrogen and oxygen atoms in total. The number of carbonyl (C=O) groups is 1. The lowest BCUT2D eigenvalue weighted by molar-refractivity contribution is -0.125. The smallest absolute Gasteiger partial charge is 0.234 e. The van der Waals surface area contributed by atoms with Crippen molar-refractivity contribution in [2.75, 3.05) is 39.8 Å². The number of piperazine rings is 1. The van der Waals surface area contributed by atoms with Crippen LogP contribution in [0.15, 0.2) is 0 Å². The predicted molar refractivity (Wildman–Crippen MR) is 55.1 cm³/mol. The first-order valence-electron chi connectivity index (χ1n) is 5.45. The predicted octanol–water partition coefficient (Wildman–Crippen LogP) is -0.488. The van der Waals surface area contributed by atoms with E-state index in [4.69, 9.17) is 0 Å². The summed E-state index contributed by atoms with van der Waals surface area (Å²) in [7, 11) is 2.17. The second-order valence-electron chi connectivity index (χ2n) is 4.35. The van der Waals surface area contributed by atoms with Gasteiger partial charge in [0.25, 0.3) is 0 Å². The molecule has 1 N–H and O–H groups in total. The van der Waals surface area contributed by atoms with Gasteiger partial charge in [0.1, 0.15) is 0 Å². The largest absolute Gasteiger partial charge is 0.354 e. The SMILES string of the molecule is CN1CCC(N2CCNC(=O)C2)CC1. The number of hydrogen-bond acceptors (Lipinski definition) is 3. The van der Waals surface area contributed by atoms with Gasteiger partial charge in [-0.3, -0.25) is 9.69 Å². The Bertz CT molecular complexity index is 211. The molecule has 0 aromatic carbocycles. The van der Waals surface area contributed by atoms with E-state index in [0.29, 0.717) is 12.6 Å². The van der Waals surface area contributed by atoms with Crippen LogP contribution in [-0.4, -0.2) is 61.5 Å². The number of rotatable bonds is 1. The fraction of sp³-hybridized carbons (Fsp3) is 0.900. The maximum atomic E-state index is 11.2. The number of piperidine rings is 1. The lowest BCUT2D eigenvalue weighted by Crippen LogP contribution is -2.53. The van der Waals surface area contributed by atoms with Gasteiger partial charge in [-0.2, -0.15) is 0 Å². The highest BCUT2D eigenvalue weighted by atomic mass is 16.2. The molecule has 2 rings (SSSR count). The molecule has 0 aromatic rings. The third-order valence-electron chi connectivity index (χ3n) is 3.27. The van der Waals surface area contributed by atoms with Crippen molar-refractivity contribution in [3.8, 4) is 0 Å². The zero-order chi connectivity index (χ0) is 9.97. The van der Waals surface area contributed by atoms with Crippen LogP contribution < -0.4 is 5.32 Å². The summed E-state index contributed by atoms with van der Waals surface area (Å²) in [6, 6.07) is 0.636. The van der Waals surface area contributed by atoms with Gasteiger partial charge in [0.05, 0.1) is 6.54 Å². The van der Waals surface area contributed by atoms with Crippen molar-refractivity contribution < 1.29 is 4.79 Å². The second kappa shape index (κ2) is 4.28. The van der Waals surface area contributed by atoms with Crippen molar-refractivity contribution in [1.29, 1.82) is 0 Å². The molecule has 2 fully saturated rings. The first-order valence-corrected chi connectivity index (χ1v) is 5.45. The summed E-state index contributed by atoms with van der Waals surface area (Å²) >= 11 is 0. The van der Waals surface area contributed by atoms with Crippen LogP contribution in [0.1, 0.15) is 12.8 Å². The van der Waals surface area contributed by atoms with Gasteiger partial charge in [0.2, 0.25) is 5.91 Å². The first kappa shape index (κ1) is 9.93. The Balaban J connectivity index is 1.85. The maximum Gasteiger partial charge on any atom is 0.234 e. The molecule has 14 heavy (non-hydrogen) atoms. The summed E-state index contributed by atoms with van der Waals surface area (Å²) in [4.78, 5) is 15.9. The van der Waals surface area contributed by atoms with E-state index < -0.39 is 0 Å².